The minimum Gasteiger partial charge on any atom is -0.364 e. The van der Waals surface area contributed by atoms with E-state index in [1.54, 1.807) is 0 Å². The number of hydrogen-bond acceptors (Lipinski definition) is 3. The molecule has 0 N–H and O–H groups in total. The highest BCUT2D eigenvalue weighted by Crippen LogP contribution is 2.16. The van der Waals surface area contributed by atoms with E-state index in [4.69, 9.17) is 4.74 Å². The van der Waals surface area contributed by atoms with E-state index in [-0.39, 0.29) is 0 Å². The summed E-state index contributed by atoms with van der Waals surface area (Å²) in [6, 6.07) is 1.36. The van der Waals surface area contributed by atoms with Crippen LogP contribution in [-0.4, -0.2) is 54.9 Å². The van der Waals surface area contributed by atoms with Gasteiger partial charge >= 0.3 is 0 Å². The third-order valence-corrected chi connectivity index (χ3v) is 2.93. The monoisotopic (exact) mass is 200 g/mol. The maximum absolute atomic E-state index is 5.42. The molecule has 0 saturated carbocycles. The number of rotatable bonds is 1. The van der Waals surface area contributed by atoms with E-state index in [1.165, 1.54) is 19.6 Å². The minimum atomic E-state index is 0.668. The summed E-state index contributed by atoms with van der Waals surface area (Å²) in [4.78, 5) is 4.98. The predicted molar refractivity (Wildman–Crippen MR) is 59.4 cm³/mol. The Morgan fingerprint density at radius 2 is 1.93 bits per heavy atom. The van der Waals surface area contributed by atoms with Crippen LogP contribution in [-0.2, 0) is 4.74 Å². The molecule has 0 spiro atoms. The maximum Gasteiger partial charge on any atom is 0.0995 e. The number of fused-ring (bicyclic) bond motifs is 1. The molecular weight excluding hydrogens is 176 g/mol. The topological polar surface area (TPSA) is 15.7 Å². The average Bonchev–Trinajstić information content (AvgIpc) is 2.67. The van der Waals surface area contributed by atoms with Gasteiger partial charge in [-0.2, -0.15) is 0 Å². The molecule has 2 aliphatic heterocycles. The van der Waals surface area contributed by atoms with Gasteiger partial charge in [-0.05, 0) is 13.8 Å². The van der Waals surface area contributed by atoms with Crippen LogP contribution in [0.4, 0.5) is 0 Å². The van der Waals surface area contributed by atoms with E-state index in [1.807, 2.05) is 13.8 Å². The van der Waals surface area contributed by atoms with E-state index < -0.39 is 0 Å². The van der Waals surface area contributed by atoms with Crippen LogP contribution in [0, 0.1) is 0 Å². The second-order valence-corrected chi connectivity index (χ2v) is 4.05. The largest absolute Gasteiger partial charge is 0.364 e. The van der Waals surface area contributed by atoms with Crippen molar-refractivity contribution in [2.45, 2.75) is 39.8 Å². The normalized spacial score (nSPS) is 28.5. The molecule has 0 amide bonds. The summed E-state index contributed by atoms with van der Waals surface area (Å²) in [5.41, 5.74) is 0. The molecule has 14 heavy (non-hydrogen) atoms. The molecule has 0 bridgehead atoms. The van der Waals surface area contributed by atoms with Crippen LogP contribution in [0.3, 0.4) is 0 Å². The van der Waals surface area contributed by atoms with Crippen LogP contribution >= 0.6 is 0 Å². The van der Waals surface area contributed by atoms with Crippen molar-refractivity contribution < 1.29 is 4.74 Å². The minimum absolute atomic E-state index is 0.668. The van der Waals surface area contributed by atoms with Gasteiger partial charge in [0.2, 0.25) is 0 Å². The van der Waals surface area contributed by atoms with Gasteiger partial charge in [0, 0.05) is 31.7 Å². The lowest BCUT2D eigenvalue weighted by molar-refractivity contribution is 0.0753. The summed E-state index contributed by atoms with van der Waals surface area (Å²) in [5.74, 6) is 0. The van der Waals surface area contributed by atoms with Gasteiger partial charge in [0.05, 0.1) is 13.3 Å². The Morgan fingerprint density at radius 1 is 1.21 bits per heavy atom. The lowest BCUT2D eigenvalue weighted by Crippen LogP contribution is -2.52. The summed E-state index contributed by atoms with van der Waals surface area (Å²) < 4.78 is 5.42. The molecule has 0 aliphatic carbocycles. The fraction of sp³-hybridized carbons (Fsp3) is 1.00. The van der Waals surface area contributed by atoms with Crippen LogP contribution in [0.25, 0.3) is 0 Å². The van der Waals surface area contributed by atoms with Crippen molar-refractivity contribution >= 4 is 0 Å². The first-order valence-electron chi connectivity index (χ1n) is 5.83. The molecule has 0 radical (unpaired) electrons. The average molecular weight is 200 g/mol. The molecule has 2 saturated heterocycles. The highest BCUT2D eigenvalue weighted by molar-refractivity contribution is 4.84. The van der Waals surface area contributed by atoms with Gasteiger partial charge in [0.1, 0.15) is 0 Å². The molecular formula is C11H24N2O. The lowest BCUT2D eigenvalue weighted by atomic mass is 10.1. The standard InChI is InChI=1S/C9H18N2O.C2H6/c1-8(2)10-3-4-11-7-12-6-9(11)5-10;1-2/h8-9H,3-7H2,1-2H3;1-2H3. The molecule has 1 atom stereocenters. The van der Waals surface area contributed by atoms with Gasteiger partial charge in [-0.25, -0.2) is 0 Å². The van der Waals surface area contributed by atoms with E-state index >= 15 is 0 Å². The number of nitrogens with zero attached hydrogens (tertiary/aromatic N) is 2. The molecule has 2 aliphatic rings. The van der Waals surface area contributed by atoms with Gasteiger partial charge in [-0.1, -0.05) is 13.8 Å². The smallest absolute Gasteiger partial charge is 0.0995 e. The van der Waals surface area contributed by atoms with Crippen LogP contribution < -0.4 is 0 Å². The van der Waals surface area contributed by atoms with E-state index in [0.29, 0.717) is 12.1 Å². The van der Waals surface area contributed by atoms with Crippen molar-refractivity contribution in [3.05, 3.63) is 0 Å². The Kier molecular flexibility index (Phi) is 4.85. The summed E-state index contributed by atoms with van der Waals surface area (Å²) in [6.07, 6.45) is 0. The van der Waals surface area contributed by atoms with Crippen molar-refractivity contribution in [3.63, 3.8) is 0 Å². The van der Waals surface area contributed by atoms with Crippen LogP contribution in [0.15, 0.2) is 0 Å². The maximum atomic E-state index is 5.42. The van der Waals surface area contributed by atoms with E-state index in [9.17, 15) is 0 Å². The summed E-state index contributed by atoms with van der Waals surface area (Å²) in [5, 5.41) is 0. The van der Waals surface area contributed by atoms with Crippen molar-refractivity contribution in [1.82, 2.24) is 9.80 Å². The molecule has 0 aromatic rings. The van der Waals surface area contributed by atoms with Crippen molar-refractivity contribution in [2.24, 2.45) is 0 Å². The first kappa shape index (κ1) is 12.0. The Labute approximate surface area is 88.0 Å². The molecule has 2 rings (SSSR count). The summed E-state index contributed by atoms with van der Waals surface area (Å²) in [7, 11) is 0. The Bertz CT molecular complexity index is 161. The SMILES string of the molecule is CC.CC(C)N1CCN2COCC2C1. The first-order valence-corrected chi connectivity index (χ1v) is 5.83. The Hall–Kier alpha value is -0.120. The van der Waals surface area contributed by atoms with Crippen molar-refractivity contribution in [1.29, 1.82) is 0 Å². The first-order chi connectivity index (χ1) is 6.77. The molecule has 2 heterocycles. The van der Waals surface area contributed by atoms with Gasteiger partial charge < -0.3 is 4.74 Å². The predicted octanol–water partition coefficient (Wildman–Crippen LogP) is 1.39. The van der Waals surface area contributed by atoms with Crippen LogP contribution in [0.1, 0.15) is 27.7 Å². The molecule has 0 aromatic heterocycles. The Balaban J connectivity index is 0.000000461. The fourth-order valence-corrected chi connectivity index (χ4v) is 2.02. The number of ether oxygens (including phenoxy) is 1. The van der Waals surface area contributed by atoms with E-state index in [2.05, 4.69) is 23.6 Å². The third kappa shape index (κ3) is 2.69. The van der Waals surface area contributed by atoms with Crippen LogP contribution in [0.5, 0.6) is 0 Å². The molecule has 3 heteroatoms. The number of hydrogen-bond donors (Lipinski definition) is 0. The molecule has 0 aromatic carbocycles. The van der Waals surface area contributed by atoms with E-state index in [0.717, 1.165) is 13.3 Å². The fourth-order valence-electron chi connectivity index (χ4n) is 2.02. The number of piperazine rings is 1. The zero-order valence-corrected chi connectivity index (χ0v) is 9.99. The van der Waals surface area contributed by atoms with Gasteiger partial charge in [0.15, 0.2) is 0 Å². The quantitative estimate of drug-likeness (QED) is 0.636. The summed E-state index contributed by atoms with van der Waals surface area (Å²) in [6.45, 7) is 13.9. The highest BCUT2D eigenvalue weighted by Gasteiger charge is 2.31. The zero-order valence-electron chi connectivity index (χ0n) is 9.99. The summed E-state index contributed by atoms with van der Waals surface area (Å²) >= 11 is 0. The second kappa shape index (κ2) is 5.69. The van der Waals surface area contributed by atoms with Gasteiger partial charge in [-0.3, -0.25) is 9.80 Å². The second-order valence-electron chi connectivity index (χ2n) is 4.05. The van der Waals surface area contributed by atoms with Crippen molar-refractivity contribution in [3.8, 4) is 0 Å². The molecule has 2 fully saturated rings. The zero-order chi connectivity index (χ0) is 10.6. The molecule has 84 valence electrons. The molecule has 1 unspecified atom stereocenters. The Morgan fingerprint density at radius 3 is 2.57 bits per heavy atom. The van der Waals surface area contributed by atoms with Gasteiger partial charge in [0.25, 0.3) is 0 Å². The lowest BCUT2D eigenvalue weighted by Gasteiger charge is -2.38. The molecule has 3 nitrogen and oxygen atoms in total. The van der Waals surface area contributed by atoms with Crippen LogP contribution in [0.2, 0.25) is 0 Å². The van der Waals surface area contributed by atoms with Crippen molar-refractivity contribution in [2.75, 3.05) is 33.0 Å². The highest BCUT2D eigenvalue weighted by atomic mass is 16.5. The third-order valence-electron chi connectivity index (χ3n) is 2.93. The van der Waals surface area contributed by atoms with Gasteiger partial charge in [-0.15, -0.1) is 0 Å².